The van der Waals surface area contributed by atoms with Crippen LogP contribution in [0.2, 0.25) is 0 Å². The SMILES string of the molecule is Cc1cc(C(C)C)c(C(=O)O)[nH]1. The Labute approximate surface area is 71.4 Å². The maximum atomic E-state index is 10.7. The van der Waals surface area contributed by atoms with Crippen LogP contribution in [0.3, 0.4) is 0 Å². The zero-order valence-corrected chi connectivity index (χ0v) is 7.51. The molecule has 1 heterocycles. The van der Waals surface area contributed by atoms with Crippen molar-refractivity contribution in [3.63, 3.8) is 0 Å². The highest BCUT2D eigenvalue weighted by atomic mass is 16.4. The van der Waals surface area contributed by atoms with E-state index in [1.54, 1.807) is 0 Å². The molecule has 0 saturated heterocycles. The Bertz CT molecular complexity index is 299. The topological polar surface area (TPSA) is 53.1 Å². The first-order valence-corrected chi connectivity index (χ1v) is 3.95. The van der Waals surface area contributed by atoms with Gasteiger partial charge in [-0.15, -0.1) is 0 Å². The second-order valence-corrected chi connectivity index (χ2v) is 3.24. The lowest BCUT2D eigenvalue weighted by Crippen LogP contribution is -2.02. The molecule has 0 radical (unpaired) electrons. The Kier molecular flexibility index (Phi) is 2.22. The number of aromatic nitrogens is 1. The molecule has 0 amide bonds. The summed E-state index contributed by atoms with van der Waals surface area (Å²) in [6, 6.07) is 1.88. The first-order valence-electron chi connectivity index (χ1n) is 3.95. The highest BCUT2D eigenvalue weighted by molar-refractivity contribution is 5.87. The number of nitrogens with one attached hydrogen (secondary N) is 1. The van der Waals surface area contributed by atoms with Crippen LogP contribution in [-0.2, 0) is 0 Å². The summed E-state index contributed by atoms with van der Waals surface area (Å²) in [7, 11) is 0. The smallest absolute Gasteiger partial charge is 0.352 e. The number of carboxylic acids is 1. The Morgan fingerprint density at radius 3 is 2.50 bits per heavy atom. The van der Waals surface area contributed by atoms with Gasteiger partial charge in [0, 0.05) is 5.69 Å². The Balaban J connectivity index is 3.17. The normalized spacial score (nSPS) is 10.7. The van der Waals surface area contributed by atoms with Gasteiger partial charge in [0.15, 0.2) is 0 Å². The molecule has 0 aliphatic heterocycles. The lowest BCUT2D eigenvalue weighted by atomic mass is 10.0. The molecule has 0 aliphatic rings. The van der Waals surface area contributed by atoms with Crippen molar-refractivity contribution in [1.29, 1.82) is 0 Å². The molecule has 1 aromatic rings. The number of carboxylic acid groups (broad SMARTS) is 1. The van der Waals surface area contributed by atoms with E-state index in [4.69, 9.17) is 5.11 Å². The molecule has 0 spiro atoms. The van der Waals surface area contributed by atoms with Crippen molar-refractivity contribution in [3.05, 3.63) is 23.0 Å². The van der Waals surface area contributed by atoms with Crippen LogP contribution >= 0.6 is 0 Å². The Morgan fingerprint density at radius 1 is 1.58 bits per heavy atom. The number of hydrogen-bond acceptors (Lipinski definition) is 1. The largest absolute Gasteiger partial charge is 0.477 e. The summed E-state index contributed by atoms with van der Waals surface area (Å²) in [6.45, 7) is 5.82. The van der Waals surface area contributed by atoms with Crippen LogP contribution in [0.25, 0.3) is 0 Å². The van der Waals surface area contributed by atoms with Gasteiger partial charge < -0.3 is 10.1 Å². The van der Waals surface area contributed by atoms with E-state index in [9.17, 15) is 4.79 Å². The van der Waals surface area contributed by atoms with Gasteiger partial charge in [-0.3, -0.25) is 0 Å². The predicted octanol–water partition coefficient (Wildman–Crippen LogP) is 2.14. The van der Waals surface area contributed by atoms with Gasteiger partial charge >= 0.3 is 5.97 Å². The third-order valence-corrected chi connectivity index (χ3v) is 1.82. The van der Waals surface area contributed by atoms with E-state index < -0.39 is 5.97 Å². The highest BCUT2D eigenvalue weighted by Gasteiger charge is 2.14. The molecule has 0 unspecified atom stereocenters. The van der Waals surface area contributed by atoms with E-state index in [-0.39, 0.29) is 5.92 Å². The van der Waals surface area contributed by atoms with Gasteiger partial charge in [0.2, 0.25) is 0 Å². The third-order valence-electron chi connectivity index (χ3n) is 1.82. The fourth-order valence-corrected chi connectivity index (χ4v) is 1.24. The number of aromatic amines is 1. The summed E-state index contributed by atoms with van der Waals surface area (Å²) in [5.74, 6) is -0.632. The van der Waals surface area contributed by atoms with Gasteiger partial charge in [-0.2, -0.15) is 0 Å². The fraction of sp³-hybridized carbons (Fsp3) is 0.444. The van der Waals surface area contributed by atoms with Gasteiger partial charge in [0.25, 0.3) is 0 Å². The van der Waals surface area contributed by atoms with Crippen LogP contribution in [0.4, 0.5) is 0 Å². The predicted molar refractivity (Wildman–Crippen MR) is 46.6 cm³/mol. The van der Waals surface area contributed by atoms with E-state index in [2.05, 4.69) is 4.98 Å². The molecule has 1 rings (SSSR count). The molecule has 0 fully saturated rings. The second kappa shape index (κ2) is 3.01. The zero-order valence-electron chi connectivity index (χ0n) is 7.51. The van der Waals surface area contributed by atoms with Crippen molar-refractivity contribution in [1.82, 2.24) is 4.98 Å². The minimum Gasteiger partial charge on any atom is -0.477 e. The van der Waals surface area contributed by atoms with Gasteiger partial charge in [-0.25, -0.2) is 4.79 Å². The van der Waals surface area contributed by atoms with E-state index >= 15 is 0 Å². The van der Waals surface area contributed by atoms with Gasteiger partial charge in [0.05, 0.1) is 0 Å². The molecule has 2 N–H and O–H groups in total. The Hall–Kier alpha value is -1.25. The van der Waals surface area contributed by atoms with E-state index in [1.807, 2.05) is 26.8 Å². The number of hydrogen-bond donors (Lipinski definition) is 2. The first kappa shape index (κ1) is 8.84. The zero-order chi connectivity index (χ0) is 9.30. The second-order valence-electron chi connectivity index (χ2n) is 3.24. The summed E-state index contributed by atoms with van der Waals surface area (Å²) < 4.78 is 0. The number of aromatic carboxylic acids is 1. The van der Waals surface area contributed by atoms with Crippen molar-refractivity contribution >= 4 is 5.97 Å². The van der Waals surface area contributed by atoms with Crippen molar-refractivity contribution in [2.24, 2.45) is 0 Å². The molecule has 12 heavy (non-hydrogen) atoms. The summed E-state index contributed by atoms with van der Waals surface area (Å²) >= 11 is 0. The molecular weight excluding hydrogens is 154 g/mol. The minimum atomic E-state index is -0.883. The summed E-state index contributed by atoms with van der Waals surface area (Å²) in [5.41, 5.74) is 2.10. The summed E-state index contributed by atoms with van der Waals surface area (Å²) in [4.78, 5) is 13.5. The third kappa shape index (κ3) is 1.49. The van der Waals surface area contributed by atoms with Crippen molar-refractivity contribution < 1.29 is 9.90 Å². The van der Waals surface area contributed by atoms with Gasteiger partial charge in [-0.1, -0.05) is 13.8 Å². The molecule has 3 heteroatoms. The van der Waals surface area contributed by atoms with Gasteiger partial charge in [0.1, 0.15) is 5.69 Å². The van der Waals surface area contributed by atoms with Crippen molar-refractivity contribution in [2.45, 2.75) is 26.7 Å². The fourth-order valence-electron chi connectivity index (χ4n) is 1.24. The summed E-state index contributed by atoms with van der Waals surface area (Å²) in [5, 5.41) is 8.80. The van der Waals surface area contributed by atoms with Crippen LogP contribution in [-0.4, -0.2) is 16.1 Å². The van der Waals surface area contributed by atoms with Crippen LogP contribution in [0.15, 0.2) is 6.07 Å². The quantitative estimate of drug-likeness (QED) is 0.709. The van der Waals surface area contributed by atoms with Crippen LogP contribution in [0.1, 0.15) is 41.5 Å². The molecule has 0 aromatic carbocycles. The lowest BCUT2D eigenvalue weighted by molar-refractivity contribution is 0.0689. The molecular formula is C9H13NO2. The molecule has 0 aliphatic carbocycles. The van der Waals surface area contributed by atoms with E-state index in [0.717, 1.165) is 11.3 Å². The van der Waals surface area contributed by atoms with Crippen LogP contribution in [0.5, 0.6) is 0 Å². The molecule has 66 valence electrons. The average Bonchev–Trinajstić information content (AvgIpc) is 2.31. The standard InChI is InChI=1S/C9H13NO2/c1-5(2)7-4-6(3)10-8(7)9(11)12/h4-5,10H,1-3H3,(H,11,12). The number of H-pyrrole nitrogens is 1. The van der Waals surface area contributed by atoms with Crippen LogP contribution in [0, 0.1) is 6.92 Å². The lowest BCUT2D eigenvalue weighted by Gasteiger charge is -2.01. The number of aryl methyl sites for hydroxylation is 1. The van der Waals surface area contributed by atoms with Gasteiger partial charge in [-0.05, 0) is 24.5 Å². The summed E-state index contributed by atoms with van der Waals surface area (Å²) in [6.07, 6.45) is 0. The highest BCUT2D eigenvalue weighted by Crippen LogP contribution is 2.20. The molecule has 1 aromatic heterocycles. The minimum absolute atomic E-state index is 0.251. The maximum absolute atomic E-state index is 10.7. The molecule has 3 nitrogen and oxygen atoms in total. The number of carbonyl (C=O) groups is 1. The van der Waals surface area contributed by atoms with Crippen molar-refractivity contribution in [3.8, 4) is 0 Å². The first-order chi connectivity index (χ1) is 5.52. The van der Waals surface area contributed by atoms with Crippen LogP contribution < -0.4 is 0 Å². The molecule has 0 atom stereocenters. The number of rotatable bonds is 2. The Morgan fingerprint density at radius 2 is 2.17 bits per heavy atom. The van der Waals surface area contributed by atoms with E-state index in [1.165, 1.54) is 0 Å². The molecule has 0 saturated carbocycles. The van der Waals surface area contributed by atoms with E-state index in [0.29, 0.717) is 5.69 Å². The monoisotopic (exact) mass is 167 g/mol. The molecule has 0 bridgehead atoms. The maximum Gasteiger partial charge on any atom is 0.352 e. The van der Waals surface area contributed by atoms with Crippen molar-refractivity contribution in [2.75, 3.05) is 0 Å². The average molecular weight is 167 g/mol.